The summed E-state index contributed by atoms with van der Waals surface area (Å²) in [6, 6.07) is 4.26. The van der Waals surface area contributed by atoms with Crippen molar-refractivity contribution in [2.75, 3.05) is 0 Å². The number of carboxylic acids is 1. The van der Waals surface area contributed by atoms with Crippen molar-refractivity contribution < 1.29 is 9.90 Å². The topological polar surface area (TPSA) is 37.3 Å². The second-order valence-electron chi connectivity index (χ2n) is 3.91. The van der Waals surface area contributed by atoms with Crippen molar-refractivity contribution in [3.8, 4) is 0 Å². The molecular formula is C12H18O2S. The summed E-state index contributed by atoms with van der Waals surface area (Å²) in [7, 11) is 0. The predicted octanol–water partition coefficient (Wildman–Crippen LogP) is 3.89. The van der Waals surface area contributed by atoms with Crippen LogP contribution in [0.1, 0.15) is 49.8 Å². The SMILES string of the molecule is CC(CCCCCC(=O)O)c1cccs1. The molecule has 1 aromatic rings. The first-order valence-corrected chi connectivity index (χ1v) is 6.33. The third-order valence-electron chi connectivity index (χ3n) is 2.56. The number of hydrogen-bond acceptors (Lipinski definition) is 2. The highest BCUT2D eigenvalue weighted by Gasteiger charge is 2.05. The quantitative estimate of drug-likeness (QED) is 0.716. The van der Waals surface area contributed by atoms with Crippen LogP contribution in [-0.4, -0.2) is 11.1 Å². The Labute approximate surface area is 94.9 Å². The smallest absolute Gasteiger partial charge is 0.303 e. The summed E-state index contributed by atoms with van der Waals surface area (Å²) in [5, 5.41) is 10.6. The summed E-state index contributed by atoms with van der Waals surface area (Å²) >= 11 is 1.81. The van der Waals surface area contributed by atoms with Gasteiger partial charge in [-0.3, -0.25) is 4.79 Å². The number of hydrogen-bond donors (Lipinski definition) is 1. The lowest BCUT2D eigenvalue weighted by Crippen LogP contribution is -1.95. The van der Waals surface area contributed by atoms with Gasteiger partial charge in [-0.2, -0.15) is 0 Å². The second kappa shape index (κ2) is 6.62. The molecule has 0 aliphatic heterocycles. The summed E-state index contributed by atoms with van der Waals surface area (Å²) in [4.78, 5) is 11.7. The summed E-state index contributed by atoms with van der Waals surface area (Å²) in [6.07, 6.45) is 4.45. The summed E-state index contributed by atoms with van der Waals surface area (Å²) in [5.41, 5.74) is 0. The first-order chi connectivity index (χ1) is 7.20. The van der Waals surface area contributed by atoms with Crippen molar-refractivity contribution >= 4 is 17.3 Å². The number of carbonyl (C=O) groups is 1. The largest absolute Gasteiger partial charge is 0.481 e. The summed E-state index contributed by atoms with van der Waals surface area (Å²) in [5.74, 6) is -0.0591. The molecule has 0 aliphatic rings. The molecular weight excluding hydrogens is 208 g/mol. The first-order valence-electron chi connectivity index (χ1n) is 5.45. The van der Waals surface area contributed by atoms with Gasteiger partial charge in [0.1, 0.15) is 0 Å². The molecule has 1 heterocycles. The first kappa shape index (κ1) is 12.2. The van der Waals surface area contributed by atoms with Crippen molar-refractivity contribution in [2.45, 2.75) is 44.9 Å². The molecule has 0 aromatic carbocycles. The Morgan fingerprint density at radius 3 is 2.87 bits per heavy atom. The summed E-state index contributed by atoms with van der Waals surface area (Å²) in [6.45, 7) is 2.24. The number of rotatable bonds is 7. The highest BCUT2D eigenvalue weighted by molar-refractivity contribution is 7.10. The van der Waals surface area contributed by atoms with Crippen LogP contribution in [-0.2, 0) is 4.79 Å². The van der Waals surface area contributed by atoms with Gasteiger partial charge in [0.05, 0.1) is 0 Å². The van der Waals surface area contributed by atoms with Crippen LogP contribution in [0.4, 0.5) is 0 Å². The molecule has 1 N–H and O–H groups in total. The predicted molar refractivity (Wildman–Crippen MR) is 63.5 cm³/mol. The van der Waals surface area contributed by atoms with E-state index >= 15 is 0 Å². The van der Waals surface area contributed by atoms with E-state index in [9.17, 15) is 4.79 Å². The molecule has 0 fully saturated rings. The van der Waals surface area contributed by atoms with Gasteiger partial charge in [0.2, 0.25) is 0 Å². The van der Waals surface area contributed by atoms with Gasteiger partial charge in [0.15, 0.2) is 0 Å². The van der Waals surface area contributed by atoms with E-state index < -0.39 is 5.97 Å². The highest BCUT2D eigenvalue weighted by Crippen LogP contribution is 2.25. The fourth-order valence-corrected chi connectivity index (χ4v) is 2.44. The maximum atomic E-state index is 10.3. The molecule has 0 spiro atoms. The number of carboxylic acid groups (broad SMARTS) is 1. The maximum Gasteiger partial charge on any atom is 0.303 e. The van der Waals surface area contributed by atoms with Crippen molar-refractivity contribution in [1.29, 1.82) is 0 Å². The molecule has 0 bridgehead atoms. The van der Waals surface area contributed by atoms with Gasteiger partial charge in [0.25, 0.3) is 0 Å². The molecule has 3 heteroatoms. The van der Waals surface area contributed by atoms with Gasteiger partial charge in [-0.1, -0.05) is 25.8 Å². The molecule has 0 saturated carbocycles. The average molecular weight is 226 g/mol. The van der Waals surface area contributed by atoms with E-state index in [2.05, 4.69) is 24.4 Å². The third kappa shape index (κ3) is 4.98. The van der Waals surface area contributed by atoms with Crippen molar-refractivity contribution in [2.24, 2.45) is 0 Å². The Morgan fingerprint density at radius 2 is 2.27 bits per heavy atom. The third-order valence-corrected chi connectivity index (χ3v) is 3.66. The Kier molecular flexibility index (Phi) is 5.40. The van der Waals surface area contributed by atoms with Crippen molar-refractivity contribution in [1.82, 2.24) is 0 Å². The molecule has 15 heavy (non-hydrogen) atoms. The molecule has 1 atom stereocenters. The lowest BCUT2D eigenvalue weighted by Gasteiger charge is -2.08. The maximum absolute atomic E-state index is 10.3. The van der Waals surface area contributed by atoms with Crippen LogP contribution in [0.5, 0.6) is 0 Å². The fraction of sp³-hybridized carbons (Fsp3) is 0.583. The molecule has 0 radical (unpaired) electrons. The molecule has 84 valence electrons. The Hall–Kier alpha value is -0.830. The molecule has 1 aromatic heterocycles. The zero-order valence-electron chi connectivity index (χ0n) is 9.11. The van der Waals surface area contributed by atoms with Gasteiger partial charge >= 0.3 is 5.97 Å². The number of aliphatic carboxylic acids is 1. The lowest BCUT2D eigenvalue weighted by molar-refractivity contribution is -0.137. The Bertz CT molecular complexity index is 280. The molecule has 1 unspecified atom stereocenters. The van der Waals surface area contributed by atoms with Crippen LogP contribution in [0.15, 0.2) is 17.5 Å². The van der Waals surface area contributed by atoms with E-state index in [0.29, 0.717) is 12.3 Å². The van der Waals surface area contributed by atoms with Crippen molar-refractivity contribution in [3.05, 3.63) is 22.4 Å². The van der Waals surface area contributed by atoms with Crippen LogP contribution in [0.25, 0.3) is 0 Å². The van der Waals surface area contributed by atoms with Crippen LogP contribution in [0, 0.1) is 0 Å². The van der Waals surface area contributed by atoms with Gasteiger partial charge in [-0.05, 0) is 30.2 Å². The lowest BCUT2D eigenvalue weighted by atomic mass is 10.0. The monoisotopic (exact) mass is 226 g/mol. The van der Waals surface area contributed by atoms with Crippen LogP contribution >= 0.6 is 11.3 Å². The number of unbranched alkanes of at least 4 members (excludes halogenated alkanes) is 2. The van der Waals surface area contributed by atoms with E-state index in [1.54, 1.807) is 11.3 Å². The molecule has 0 amide bonds. The standard InChI is InChI=1S/C12H18O2S/c1-10(11-7-5-9-15-11)6-3-2-4-8-12(13)14/h5,7,9-10H,2-4,6,8H2,1H3,(H,13,14). The molecule has 1 rings (SSSR count). The van der Waals surface area contributed by atoms with Crippen molar-refractivity contribution in [3.63, 3.8) is 0 Å². The normalized spacial score (nSPS) is 12.6. The van der Waals surface area contributed by atoms with Crippen LogP contribution < -0.4 is 0 Å². The zero-order chi connectivity index (χ0) is 11.1. The Balaban J connectivity index is 2.08. The second-order valence-corrected chi connectivity index (χ2v) is 4.89. The van der Waals surface area contributed by atoms with Gasteiger partial charge in [-0.15, -0.1) is 11.3 Å². The zero-order valence-corrected chi connectivity index (χ0v) is 9.93. The minimum Gasteiger partial charge on any atom is -0.481 e. The van der Waals surface area contributed by atoms with Gasteiger partial charge < -0.3 is 5.11 Å². The minimum atomic E-state index is -0.679. The molecule has 2 nitrogen and oxygen atoms in total. The van der Waals surface area contributed by atoms with E-state index in [1.807, 2.05) is 0 Å². The molecule has 0 saturated heterocycles. The van der Waals surface area contributed by atoms with E-state index in [1.165, 1.54) is 11.3 Å². The Morgan fingerprint density at radius 1 is 1.47 bits per heavy atom. The highest BCUT2D eigenvalue weighted by atomic mass is 32.1. The fourth-order valence-electron chi connectivity index (χ4n) is 1.62. The summed E-state index contributed by atoms with van der Waals surface area (Å²) < 4.78 is 0. The van der Waals surface area contributed by atoms with Gasteiger partial charge in [0, 0.05) is 11.3 Å². The van der Waals surface area contributed by atoms with E-state index in [-0.39, 0.29) is 0 Å². The minimum absolute atomic E-state index is 0.313. The van der Waals surface area contributed by atoms with Crippen LogP contribution in [0.3, 0.4) is 0 Å². The van der Waals surface area contributed by atoms with Gasteiger partial charge in [-0.25, -0.2) is 0 Å². The van der Waals surface area contributed by atoms with E-state index in [0.717, 1.165) is 19.3 Å². The average Bonchev–Trinajstić information content (AvgIpc) is 2.69. The van der Waals surface area contributed by atoms with E-state index in [4.69, 9.17) is 5.11 Å². The number of thiophene rings is 1. The molecule has 0 aliphatic carbocycles. The van der Waals surface area contributed by atoms with Crippen LogP contribution in [0.2, 0.25) is 0 Å².